The summed E-state index contributed by atoms with van der Waals surface area (Å²) in [7, 11) is 0. The van der Waals surface area contributed by atoms with Gasteiger partial charge < -0.3 is 4.74 Å². The van der Waals surface area contributed by atoms with Gasteiger partial charge in [0.25, 0.3) is 0 Å². The monoisotopic (exact) mass is 211 g/mol. The van der Waals surface area contributed by atoms with Crippen molar-refractivity contribution in [2.45, 2.75) is 58.4 Å². The van der Waals surface area contributed by atoms with Crippen LogP contribution in [0.4, 0.5) is 0 Å². The van der Waals surface area contributed by atoms with Gasteiger partial charge in [-0.25, -0.2) is 0 Å². The molecule has 0 aromatic rings. The SMILES string of the molecule is CCOC(CC(C)=O)=NC1CCCCC1. The highest BCUT2D eigenvalue weighted by atomic mass is 16.5. The Morgan fingerprint density at radius 3 is 2.53 bits per heavy atom. The minimum absolute atomic E-state index is 0.123. The van der Waals surface area contributed by atoms with Gasteiger partial charge in [0.15, 0.2) is 5.90 Å². The summed E-state index contributed by atoms with van der Waals surface area (Å²) in [5.74, 6) is 0.759. The van der Waals surface area contributed by atoms with Crippen molar-refractivity contribution in [3.8, 4) is 0 Å². The third-order valence-corrected chi connectivity index (χ3v) is 2.61. The Bertz CT molecular complexity index is 230. The minimum atomic E-state index is 0.123. The second-order valence-electron chi connectivity index (χ2n) is 4.13. The van der Waals surface area contributed by atoms with E-state index in [-0.39, 0.29) is 5.78 Å². The van der Waals surface area contributed by atoms with E-state index in [1.165, 1.54) is 19.3 Å². The van der Waals surface area contributed by atoms with Gasteiger partial charge in [-0.1, -0.05) is 19.3 Å². The van der Waals surface area contributed by atoms with E-state index in [0.717, 1.165) is 12.8 Å². The predicted octanol–water partition coefficient (Wildman–Crippen LogP) is 2.73. The zero-order chi connectivity index (χ0) is 11.1. The van der Waals surface area contributed by atoms with Gasteiger partial charge >= 0.3 is 0 Å². The number of rotatable bonds is 4. The summed E-state index contributed by atoms with van der Waals surface area (Å²) in [5, 5.41) is 0. The van der Waals surface area contributed by atoms with E-state index in [9.17, 15) is 4.79 Å². The third kappa shape index (κ3) is 4.96. The summed E-state index contributed by atoms with van der Waals surface area (Å²) >= 11 is 0. The topological polar surface area (TPSA) is 38.7 Å². The number of aliphatic imine (C=N–C) groups is 1. The molecule has 1 aliphatic carbocycles. The zero-order valence-corrected chi connectivity index (χ0v) is 9.79. The lowest BCUT2D eigenvalue weighted by Gasteiger charge is -2.18. The molecule has 3 nitrogen and oxygen atoms in total. The van der Waals surface area contributed by atoms with E-state index in [2.05, 4.69) is 4.99 Å². The number of hydrogen-bond donors (Lipinski definition) is 0. The van der Waals surface area contributed by atoms with Gasteiger partial charge in [-0.3, -0.25) is 9.79 Å². The van der Waals surface area contributed by atoms with Crippen molar-refractivity contribution in [3.63, 3.8) is 0 Å². The fourth-order valence-electron chi connectivity index (χ4n) is 1.93. The molecule has 0 saturated heterocycles. The Labute approximate surface area is 91.9 Å². The quantitative estimate of drug-likeness (QED) is 0.529. The van der Waals surface area contributed by atoms with Crippen LogP contribution in [0.3, 0.4) is 0 Å². The van der Waals surface area contributed by atoms with E-state index in [0.29, 0.717) is 25.0 Å². The molecular weight excluding hydrogens is 190 g/mol. The van der Waals surface area contributed by atoms with Gasteiger partial charge in [-0.05, 0) is 26.7 Å². The molecule has 0 radical (unpaired) electrons. The molecular formula is C12H21NO2. The van der Waals surface area contributed by atoms with E-state index < -0.39 is 0 Å². The van der Waals surface area contributed by atoms with Crippen molar-refractivity contribution in [1.29, 1.82) is 0 Å². The van der Waals surface area contributed by atoms with Crippen LogP contribution in [0, 0.1) is 0 Å². The van der Waals surface area contributed by atoms with Crippen LogP contribution in [0.15, 0.2) is 4.99 Å². The van der Waals surface area contributed by atoms with Gasteiger partial charge in [0.2, 0.25) is 0 Å². The number of ketones is 1. The largest absolute Gasteiger partial charge is 0.481 e. The Morgan fingerprint density at radius 2 is 2.00 bits per heavy atom. The highest BCUT2D eigenvalue weighted by Crippen LogP contribution is 2.20. The number of carbonyl (C=O) groups is 1. The van der Waals surface area contributed by atoms with Crippen LogP contribution in [-0.2, 0) is 9.53 Å². The molecule has 0 bridgehead atoms. The Hall–Kier alpha value is -0.860. The molecule has 0 amide bonds. The second-order valence-corrected chi connectivity index (χ2v) is 4.13. The van der Waals surface area contributed by atoms with E-state index >= 15 is 0 Å². The standard InChI is InChI=1S/C12H21NO2/c1-3-15-12(9-10(2)14)13-11-7-5-4-6-8-11/h11H,3-9H2,1-2H3. The molecule has 1 aliphatic rings. The smallest absolute Gasteiger partial charge is 0.191 e. The van der Waals surface area contributed by atoms with Crippen molar-refractivity contribution in [2.75, 3.05) is 6.61 Å². The molecule has 0 spiro atoms. The van der Waals surface area contributed by atoms with Gasteiger partial charge in [0.05, 0.1) is 19.1 Å². The molecule has 1 rings (SSSR count). The predicted molar refractivity (Wildman–Crippen MR) is 61.2 cm³/mol. The van der Waals surface area contributed by atoms with Gasteiger partial charge in [-0.15, -0.1) is 0 Å². The summed E-state index contributed by atoms with van der Waals surface area (Å²) in [4.78, 5) is 15.5. The molecule has 0 N–H and O–H groups in total. The van der Waals surface area contributed by atoms with Crippen LogP contribution >= 0.6 is 0 Å². The molecule has 86 valence electrons. The number of ether oxygens (including phenoxy) is 1. The van der Waals surface area contributed by atoms with Crippen LogP contribution in [0.2, 0.25) is 0 Å². The summed E-state index contributed by atoms with van der Waals surface area (Å²) in [6.45, 7) is 4.10. The van der Waals surface area contributed by atoms with Crippen molar-refractivity contribution < 1.29 is 9.53 Å². The van der Waals surface area contributed by atoms with Crippen molar-refractivity contribution in [2.24, 2.45) is 4.99 Å². The molecule has 3 heteroatoms. The fourth-order valence-corrected chi connectivity index (χ4v) is 1.93. The first kappa shape index (κ1) is 12.2. The van der Waals surface area contributed by atoms with Crippen LogP contribution in [0.1, 0.15) is 52.4 Å². The highest BCUT2D eigenvalue weighted by Gasteiger charge is 2.14. The Morgan fingerprint density at radius 1 is 1.33 bits per heavy atom. The summed E-state index contributed by atoms with van der Waals surface area (Å²) in [5.41, 5.74) is 0. The third-order valence-electron chi connectivity index (χ3n) is 2.61. The lowest BCUT2D eigenvalue weighted by Crippen LogP contribution is -2.16. The van der Waals surface area contributed by atoms with Crippen LogP contribution in [0.5, 0.6) is 0 Å². The maximum Gasteiger partial charge on any atom is 0.191 e. The summed E-state index contributed by atoms with van der Waals surface area (Å²) < 4.78 is 5.38. The summed E-state index contributed by atoms with van der Waals surface area (Å²) in [6, 6.07) is 0.389. The van der Waals surface area contributed by atoms with E-state index in [1.54, 1.807) is 6.92 Å². The average Bonchev–Trinajstić information content (AvgIpc) is 2.18. The molecule has 0 aliphatic heterocycles. The molecule has 0 unspecified atom stereocenters. The van der Waals surface area contributed by atoms with E-state index in [4.69, 9.17) is 4.74 Å². The Kier molecular flexibility index (Phi) is 5.37. The first-order valence-corrected chi connectivity index (χ1v) is 5.91. The van der Waals surface area contributed by atoms with Gasteiger partial charge in [0.1, 0.15) is 5.78 Å². The highest BCUT2D eigenvalue weighted by molar-refractivity contribution is 5.96. The van der Waals surface area contributed by atoms with Crippen LogP contribution < -0.4 is 0 Å². The number of nitrogens with zero attached hydrogens (tertiary/aromatic N) is 1. The Balaban J connectivity index is 2.51. The zero-order valence-electron chi connectivity index (χ0n) is 9.79. The number of hydrogen-bond acceptors (Lipinski definition) is 3. The average molecular weight is 211 g/mol. The number of carbonyl (C=O) groups excluding carboxylic acids is 1. The maximum absolute atomic E-state index is 11.0. The lowest BCUT2D eigenvalue weighted by atomic mass is 9.96. The van der Waals surface area contributed by atoms with Crippen LogP contribution in [0.25, 0.3) is 0 Å². The summed E-state index contributed by atoms with van der Waals surface area (Å²) in [6.07, 6.45) is 6.48. The van der Waals surface area contributed by atoms with Crippen molar-refractivity contribution in [1.82, 2.24) is 0 Å². The molecule has 15 heavy (non-hydrogen) atoms. The molecule has 1 saturated carbocycles. The minimum Gasteiger partial charge on any atom is -0.481 e. The number of Topliss-reactive ketones (excluding diaryl/α,β-unsaturated/α-hetero) is 1. The molecule has 1 fully saturated rings. The van der Waals surface area contributed by atoms with Gasteiger partial charge in [0, 0.05) is 0 Å². The molecule has 0 aromatic carbocycles. The van der Waals surface area contributed by atoms with Crippen molar-refractivity contribution in [3.05, 3.63) is 0 Å². The maximum atomic E-state index is 11.0. The molecule has 0 atom stereocenters. The van der Waals surface area contributed by atoms with E-state index in [1.807, 2.05) is 6.92 Å². The first-order chi connectivity index (χ1) is 7.22. The van der Waals surface area contributed by atoms with Gasteiger partial charge in [-0.2, -0.15) is 0 Å². The molecule has 0 heterocycles. The lowest BCUT2D eigenvalue weighted by molar-refractivity contribution is -0.116. The normalized spacial score (nSPS) is 18.9. The van der Waals surface area contributed by atoms with Crippen molar-refractivity contribution >= 4 is 11.7 Å². The van der Waals surface area contributed by atoms with Crippen LogP contribution in [-0.4, -0.2) is 24.3 Å². The fraction of sp³-hybridized carbons (Fsp3) is 0.833. The first-order valence-electron chi connectivity index (χ1n) is 5.91. The second kappa shape index (κ2) is 6.59. The molecule has 0 aromatic heterocycles.